The van der Waals surface area contributed by atoms with Crippen molar-refractivity contribution in [3.8, 4) is 0 Å². The molecule has 1 atom stereocenters. The van der Waals surface area contributed by atoms with Crippen molar-refractivity contribution in [2.75, 3.05) is 18.8 Å². The van der Waals surface area contributed by atoms with Gasteiger partial charge >= 0.3 is 0 Å². The Morgan fingerprint density at radius 1 is 1.50 bits per heavy atom. The fourth-order valence-electron chi connectivity index (χ4n) is 2.22. The molecule has 1 aromatic carbocycles. The van der Waals surface area contributed by atoms with Crippen LogP contribution in [0, 0.1) is 11.7 Å². The number of benzene rings is 1. The summed E-state index contributed by atoms with van der Waals surface area (Å²) in [4.78, 5) is -0.126. The van der Waals surface area contributed by atoms with Gasteiger partial charge in [-0.2, -0.15) is 4.31 Å². The molecule has 1 fully saturated rings. The van der Waals surface area contributed by atoms with Gasteiger partial charge in [0.15, 0.2) is 0 Å². The van der Waals surface area contributed by atoms with Gasteiger partial charge in [0.1, 0.15) is 10.7 Å². The number of nitrogen functional groups attached to an aromatic ring is 1. The minimum absolute atomic E-state index is 0.0938. The maximum atomic E-state index is 13.2. The van der Waals surface area contributed by atoms with Crippen LogP contribution >= 0.6 is 0 Å². The Bertz CT molecular complexity index is 545. The molecule has 1 aliphatic heterocycles. The summed E-state index contributed by atoms with van der Waals surface area (Å²) in [6.07, 6.45) is 1.80. The van der Waals surface area contributed by atoms with Crippen molar-refractivity contribution >= 4 is 15.7 Å². The highest BCUT2D eigenvalue weighted by Crippen LogP contribution is 2.29. The Labute approximate surface area is 107 Å². The Morgan fingerprint density at radius 2 is 2.22 bits per heavy atom. The van der Waals surface area contributed by atoms with Gasteiger partial charge in [0.25, 0.3) is 0 Å². The number of halogens is 1. The van der Waals surface area contributed by atoms with Crippen LogP contribution in [-0.2, 0) is 10.0 Å². The summed E-state index contributed by atoms with van der Waals surface area (Å²) in [6.45, 7) is 3.02. The molecule has 1 aliphatic rings. The van der Waals surface area contributed by atoms with Gasteiger partial charge in [-0.05, 0) is 30.5 Å². The minimum Gasteiger partial charge on any atom is -0.398 e. The monoisotopic (exact) mass is 272 g/mol. The van der Waals surface area contributed by atoms with Crippen LogP contribution < -0.4 is 5.73 Å². The lowest BCUT2D eigenvalue weighted by molar-refractivity contribution is 0.452. The molecule has 2 N–H and O–H groups in total. The van der Waals surface area contributed by atoms with Gasteiger partial charge < -0.3 is 5.73 Å². The number of anilines is 1. The van der Waals surface area contributed by atoms with Gasteiger partial charge in [-0.3, -0.25) is 0 Å². The van der Waals surface area contributed by atoms with Crippen molar-refractivity contribution in [3.05, 3.63) is 24.0 Å². The van der Waals surface area contributed by atoms with Gasteiger partial charge in [-0.1, -0.05) is 13.3 Å². The normalized spacial score (nSPS) is 21.3. The molecule has 0 saturated carbocycles. The van der Waals surface area contributed by atoms with Gasteiger partial charge in [-0.25, -0.2) is 12.8 Å². The molecular formula is C12H17FN2O2S. The highest BCUT2D eigenvalue weighted by Gasteiger charge is 2.33. The Hall–Kier alpha value is -1.14. The maximum Gasteiger partial charge on any atom is 0.245 e. The molecule has 0 spiro atoms. The van der Waals surface area contributed by atoms with Gasteiger partial charge in [0.05, 0.1) is 5.69 Å². The van der Waals surface area contributed by atoms with Crippen molar-refractivity contribution in [1.82, 2.24) is 4.31 Å². The summed E-state index contributed by atoms with van der Waals surface area (Å²) in [6, 6.07) is 3.44. The van der Waals surface area contributed by atoms with E-state index in [1.807, 2.05) is 6.92 Å². The SMILES string of the molecule is CCC1CCN(S(=O)(=O)c2cc(F)ccc2N)C1. The lowest BCUT2D eigenvalue weighted by Crippen LogP contribution is -2.29. The molecule has 0 aliphatic carbocycles. The third-order valence-corrected chi connectivity index (χ3v) is 5.34. The number of hydrogen-bond acceptors (Lipinski definition) is 3. The Balaban J connectivity index is 2.34. The zero-order valence-corrected chi connectivity index (χ0v) is 11.1. The average Bonchev–Trinajstić information content (AvgIpc) is 2.81. The van der Waals surface area contributed by atoms with Crippen LogP contribution in [0.25, 0.3) is 0 Å². The molecule has 0 aromatic heterocycles. The van der Waals surface area contributed by atoms with Crippen LogP contribution in [0.5, 0.6) is 0 Å². The Kier molecular flexibility index (Phi) is 3.59. The predicted octanol–water partition coefficient (Wildman–Crippen LogP) is 1.83. The van der Waals surface area contributed by atoms with E-state index in [2.05, 4.69) is 0 Å². The number of nitrogens with zero attached hydrogens (tertiary/aromatic N) is 1. The van der Waals surface area contributed by atoms with Crippen LogP contribution in [0.3, 0.4) is 0 Å². The fourth-order valence-corrected chi connectivity index (χ4v) is 3.88. The first-order chi connectivity index (χ1) is 8.45. The third-order valence-electron chi connectivity index (χ3n) is 3.42. The molecular weight excluding hydrogens is 255 g/mol. The standard InChI is InChI=1S/C12H17FN2O2S/c1-2-9-5-6-15(8-9)18(16,17)12-7-10(13)3-4-11(12)14/h3-4,7,9H,2,5-6,8,14H2,1H3. The van der Waals surface area contributed by atoms with E-state index in [-0.39, 0.29) is 10.6 Å². The largest absolute Gasteiger partial charge is 0.398 e. The second-order valence-corrected chi connectivity index (χ2v) is 6.51. The van der Waals surface area contributed by atoms with E-state index in [9.17, 15) is 12.8 Å². The van der Waals surface area contributed by atoms with E-state index in [1.54, 1.807) is 0 Å². The van der Waals surface area contributed by atoms with Crippen LogP contribution in [0.1, 0.15) is 19.8 Å². The highest BCUT2D eigenvalue weighted by atomic mass is 32.2. The topological polar surface area (TPSA) is 63.4 Å². The number of nitrogens with two attached hydrogens (primary N) is 1. The summed E-state index contributed by atoms with van der Waals surface area (Å²) >= 11 is 0. The van der Waals surface area contributed by atoms with E-state index < -0.39 is 15.8 Å². The predicted molar refractivity (Wildman–Crippen MR) is 68.0 cm³/mol. The van der Waals surface area contributed by atoms with Crippen molar-refractivity contribution in [2.45, 2.75) is 24.7 Å². The zero-order chi connectivity index (χ0) is 13.3. The molecule has 0 radical (unpaired) electrons. The summed E-state index contributed by atoms with van der Waals surface area (Å²) in [5.41, 5.74) is 5.73. The number of rotatable bonds is 3. The van der Waals surface area contributed by atoms with Gasteiger partial charge in [-0.15, -0.1) is 0 Å². The van der Waals surface area contributed by atoms with Gasteiger partial charge in [0.2, 0.25) is 10.0 Å². The van der Waals surface area contributed by atoms with Crippen molar-refractivity contribution in [1.29, 1.82) is 0 Å². The minimum atomic E-state index is -3.67. The molecule has 1 saturated heterocycles. The number of sulfonamides is 1. The molecule has 0 amide bonds. The molecule has 2 rings (SSSR count). The van der Waals surface area contributed by atoms with E-state index in [4.69, 9.17) is 5.73 Å². The summed E-state index contributed by atoms with van der Waals surface area (Å²) < 4.78 is 39.3. The summed E-state index contributed by atoms with van der Waals surface area (Å²) in [5.74, 6) is -0.205. The number of hydrogen-bond donors (Lipinski definition) is 1. The molecule has 6 heteroatoms. The second kappa shape index (κ2) is 4.85. The maximum absolute atomic E-state index is 13.2. The average molecular weight is 272 g/mol. The Morgan fingerprint density at radius 3 is 2.83 bits per heavy atom. The highest BCUT2D eigenvalue weighted by molar-refractivity contribution is 7.89. The van der Waals surface area contributed by atoms with E-state index in [0.29, 0.717) is 19.0 Å². The van der Waals surface area contributed by atoms with Crippen LogP contribution in [0.15, 0.2) is 23.1 Å². The summed E-state index contributed by atoms with van der Waals surface area (Å²) in [7, 11) is -3.67. The quantitative estimate of drug-likeness (QED) is 0.854. The lowest BCUT2D eigenvalue weighted by atomic mass is 10.1. The first-order valence-corrected chi connectivity index (χ1v) is 7.44. The molecule has 0 bridgehead atoms. The van der Waals surface area contributed by atoms with Crippen molar-refractivity contribution < 1.29 is 12.8 Å². The van der Waals surface area contributed by atoms with Crippen LogP contribution in [0.2, 0.25) is 0 Å². The smallest absolute Gasteiger partial charge is 0.245 e. The van der Waals surface area contributed by atoms with Crippen LogP contribution in [0.4, 0.5) is 10.1 Å². The van der Waals surface area contributed by atoms with E-state index in [1.165, 1.54) is 10.4 Å². The molecule has 1 unspecified atom stereocenters. The molecule has 1 aromatic rings. The molecule has 18 heavy (non-hydrogen) atoms. The van der Waals surface area contributed by atoms with E-state index >= 15 is 0 Å². The van der Waals surface area contributed by atoms with Crippen molar-refractivity contribution in [2.24, 2.45) is 5.92 Å². The van der Waals surface area contributed by atoms with Crippen molar-refractivity contribution in [3.63, 3.8) is 0 Å². The molecule has 4 nitrogen and oxygen atoms in total. The summed E-state index contributed by atoms with van der Waals surface area (Å²) in [5, 5.41) is 0. The first kappa shape index (κ1) is 13.3. The van der Waals surface area contributed by atoms with Gasteiger partial charge in [0, 0.05) is 13.1 Å². The molecule has 1 heterocycles. The first-order valence-electron chi connectivity index (χ1n) is 6.00. The van der Waals surface area contributed by atoms with Crippen LogP contribution in [-0.4, -0.2) is 25.8 Å². The van der Waals surface area contributed by atoms with E-state index in [0.717, 1.165) is 25.0 Å². The fraction of sp³-hybridized carbons (Fsp3) is 0.500. The second-order valence-electron chi connectivity index (χ2n) is 4.61. The molecule has 100 valence electrons. The lowest BCUT2D eigenvalue weighted by Gasteiger charge is -2.17. The third kappa shape index (κ3) is 2.35. The zero-order valence-electron chi connectivity index (χ0n) is 10.3.